The predicted molar refractivity (Wildman–Crippen MR) is 36.1 cm³/mol. The Hall–Kier alpha value is 0.137. The van der Waals surface area contributed by atoms with Crippen LogP contribution in [0, 0.1) is 0 Å². The molecule has 0 rings (SSSR count). The van der Waals surface area contributed by atoms with E-state index in [1.807, 2.05) is 6.92 Å². The maximum atomic E-state index is 5.02. The fraction of sp³-hybridized carbons (Fsp3) is 1.00. The van der Waals surface area contributed by atoms with E-state index >= 15 is 0 Å². The highest BCUT2D eigenvalue weighted by Gasteiger charge is 2.14. The van der Waals surface area contributed by atoms with Crippen molar-refractivity contribution < 1.29 is 9.46 Å². The lowest BCUT2D eigenvalue weighted by Crippen LogP contribution is -2.25. The summed E-state index contributed by atoms with van der Waals surface area (Å²) in [6, 6.07) is 0. The van der Waals surface area contributed by atoms with Crippen LogP contribution in [0.3, 0.4) is 0 Å². The molecule has 2 nitrogen and oxygen atoms in total. The minimum absolute atomic E-state index is 0.643. The second-order valence-corrected chi connectivity index (χ2v) is 6.99. The van der Waals surface area contributed by atoms with Crippen LogP contribution >= 0.6 is 0 Å². The average Bonchev–Trinajstić information content (AvgIpc) is 1.59. The van der Waals surface area contributed by atoms with Crippen LogP contribution in [0.25, 0.3) is 0 Å². The summed E-state index contributed by atoms with van der Waals surface area (Å²) >= 11 is 0. The van der Waals surface area contributed by atoms with E-state index in [1.54, 1.807) is 0 Å². The van der Waals surface area contributed by atoms with Crippen molar-refractivity contribution in [2.24, 2.45) is 0 Å². The Kier molecular flexibility index (Phi) is 3.27. The molecular formula is C5H14O2Si. The highest BCUT2D eigenvalue weighted by Crippen LogP contribution is 2.01. The van der Waals surface area contributed by atoms with Crippen LogP contribution in [-0.4, -0.2) is 14.9 Å². The van der Waals surface area contributed by atoms with Gasteiger partial charge in [-0.1, -0.05) is 0 Å². The molecule has 0 aromatic heterocycles. The molecule has 0 unspecified atom stereocenters. The summed E-state index contributed by atoms with van der Waals surface area (Å²) in [5, 5.41) is 0. The molecule has 0 spiro atoms. The third kappa shape index (κ3) is 6.14. The third-order valence-electron chi connectivity index (χ3n) is 0.427. The van der Waals surface area contributed by atoms with E-state index in [1.165, 1.54) is 0 Å². The molecule has 0 aliphatic carbocycles. The van der Waals surface area contributed by atoms with Crippen molar-refractivity contribution in [3.8, 4) is 0 Å². The zero-order valence-corrected chi connectivity index (χ0v) is 7.02. The van der Waals surface area contributed by atoms with Gasteiger partial charge in [-0.05, 0) is 26.6 Å². The molecule has 0 heterocycles. The van der Waals surface area contributed by atoms with Gasteiger partial charge in [-0.2, -0.15) is 0 Å². The van der Waals surface area contributed by atoms with E-state index in [-0.39, 0.29) is 0 Å². The van der Waals surface area contributed by atoms with Gasteiger partial charge in [-0.3, -0.25) is 4.58 Å². The van der Waals surface area contributed by atoms with Gasteiger partial charge in [0.2, 0.25) is 8.32 Å². The summed E-state index contributed by atoms with van der Waals surface area (Å²) in [5.41, 5.74) is 0. The second kappa shape index (κ2) is 3.22. The second-order valence-electron chi connectivity index (χ2n) is 2.60. The fourth-order valence-electron chi connectivity index (χ4n) is 0.236. The van der Waals surface area contributed by atoms with Crippen molar-refractivity contribution in [2.75, 3.05) is 6.61 Å². The molecular weight excluding hydrogens is 120 g/mol. The van der Waals surface area contributed by atoms with Gasteiger partial charge in [0.05, 0.1) is 6.61 Å². The Morgan fingerprint density at radius 1 is 1.25 bits per heavy atom. The van der Waals surface area contributed by atoms with E-state index in [2.05, 4.69) is 19.6 Å². The number of hydrogen-bond acceptors (Lipinski definition) is 2. The van der Waals surface area contributed by atoms with Gasteiger partial charge in [0, 0.05) is 0 Å². The van der Waals surface area contributed by atoms with Crippen molar-refractivity contribution in [1.29, 1.82) is 0 Å². The first-order chi connectivity index (χ1) is 3.56. The Bertz CT molecular complexity index is 57.9. The van der Waals surface area contributed by atoms with Crippen molar-refractivity contribution in [2.45, 2.75) is 26.6 Å². The van der Waals surface area contributed by atoms with Crippen LogP contribution in [0.2, 0.25) is 19.6 Å². The van der Waals surface area contributed by atoms with Crippen molar-refractivity contribution in [1.82, 2.24) is 0 Å². The summed E-state index contributed by atoms with van der Waals surface area (Å²) in [6.45, 7) is 8.82. The summed E-state index contributed by atoms with van der Waals surface area (Å²) < 4.78 is 5.02. The highest BCUT2D eigenvalue weighted by molar-refractivity contribution is 6.69. The Labute approximate surface area is 51.9 Å². The summed E-state index contributed by atoms with van der Waals surface area (Å²) in [7, 11) is -1.40. The van der Waals surface area contributed by atoms with Crippen LogP contribution in [0.4, 0.5) is 0 Å². The molecule has 8 heavy (non-hydrogen) atoms. The number of hydrogen-bond donors (Lipinski definition) is 0. The molecule has 0 fully saturated rings. The lowest BCUT2D eigenvalue weighted by atomic mass is 10.9. The van der Waals surface area contributed by atoms with Crippen LogP contribution in [-0.2, 0) is 9.46 Å². The Balaban J connectivity index is 3.11. The van der Waals surface area contributed by atoms with Gasteiger partial charge in [-0.25, -0.2) is 4.89 Å². The van der Waals surface area contributed by atoms with Crippen LogP contribution < -0.4 is 0 Å². The van der Waals surface area contributed by atoms with Gasteiger partial charge in [0.15, 0.2) is 0 Å². The van der Waals surface area contributed by atoms with Crippen LogP contribution in [0.15, 0.2) is 0 Å². The molecule has 3 heteroatoms. The summed E-state index contributed by atoms with van der Waals surface area (Å²) in [4.78, 5) is 4.76. The molecule has 0 radical (unpaired) electrons. The van der Waals surface area contributed by atoms with Gasteiger partial charge >= 0.3 is 0 Å². The largest absolute Gasteiger partial charge is 0.287 e. The molecule has 0 saturated carbocycles. The van der Waals surface area contributed by atoms with Gasteiger partial charge in [-0.15, -0.1) is 0 Å². The van der Waals surface area contributed by atoms with Crippen LogP contribution in [0.1, 0.15) is 6.92 Å². The van der Waals surface area contributed by atoms with E-state index in [0.29, 0.717) is 6.61 Å². The van der Waals surface area contributed by atoms with Crippen molar-refractivity contribution in [3.05, 3.63) is 0 Å². The first-order valence-electron chi connectivity index (χ1n) is 2.87. The lowest BCUT2D eigenvalue weighted by molar-refractivity contribution is -0.212. The monoisotopic (exact) mass is 134 g/mol. The molecule has 0 aliphatic rings. The molecule has 0 aliphatic heterocycles. The standard InChI is InChI=1S/C5H14O2Si/c1-5-6-7-8(2,3)4/h5H2,1-4H3. The van der Waals surface area contributed by atoms with Gasteiger partial charge in [0.25, 0.3) is 0 Å². The first-order valence-corrected chi connectivity index (χ1v) is 6.27. The highest BCUT2D eigenvalue weighted by atomic mass is 28.4. The third-order valence-corrected chi connectivity index (χ3v) is 1.04. The van der Waals surface area contributed by atoms with E-state index in [4.69, 9.17) is 9.46 Å². The smallest absolute Gasteiger partial charge is 0.230 e. The summed E-state index contributed by atoms with van der Waals surface area (Å²) in [6.07, 6.45) is 0. The molecule has 0 atom stereocenters. The van der Waals surface area contributed by atoms with E-state index in [0.717, 1.165) is 0 Å². The quantitative estimate of drug-likeness (QED) is 0.333. The minimum atomic E-state index is -1.40. The Morgan fingerprint density at radius 3 is 1.88 bits per heavy atom. The minimum Gasteiger partial charge on any atom is -0.287 e. The SMILES string of the molecule is CCOO[Si](C)(C)C. The van der Waals surface area contributed by atoms with E-state index < -0.39 is 8.32 Å². The topological polar surface area (TPSA) is 18.5 Å². The first kappa shape index (κ1) is 8.14. The zero-order chi connectivity index (χ0) is 6.62. The average molecular weight is 134 g/mol. The molecule has 0 aromatic carbocycles. The summed E-state index contributed by atoms with van der Waals surface area (Å²) in [5.74, 6) is 0. The normalized spacial score (nSPS) is 12.0. The molecule has 0 bridgehead atoms. The molecule has 0 aromatic rings. The zero-order valence-electron chi connectivity index (χ0n) is 6.02. The molecule has 0 amide bonds. The number of rotatable bonds is 3. The maximum absolute atomic E-state index is 5.02. The molecule has 0 N–H and O–H groups in total. The van der Waals surface area contributed by atoms with Crippen LogP contribution in [0.5, 0.6) is 0 Å². The van der Waals surface area contributed by atoms with E-state index in [9.17, 15) is 0 Å². The van der Waals surface area contributed by atoms with Gasteiger partial charge in [0.1, 0.15) is 0 Å². The maximum Gasteiger partial charge on any atom is 0.230 e. The Morgan fingerprint density at radius 2 is 1.75 bits per heavy atom. The van der Waals surface area contributed by atoms with Crippen molar-refractivity contribution in [3.63, 3.8) is 0 Å². The molecule has 50 valence electrons. The molecule has 0 saturated heterocycles. The lowest BCUT2D eigenvalue weighted by Gasteiger charge is -2.13. The van der Waals surface area contributed by atoms with Gasteiger partial charge < -0.3 is 0 Å². The predicted octanol–water partition coefficient (Wildman–Crippen LogP) is 1.79. The fourth-order valence-corrected chi connectivity index (χ4v) is 0.707. The van der Waals surface area contributed by atoms with Crippen molar-refractivity contribution >= 4 is 8.32 Å².